The van der Waals surface area contributed by atoms with Crippen LogP contribution in [-0.2, 0) is 29.1 Å². The number of anilines is 1. The van der Waals surface area contributed by atoms with E-state index in [2.05, 4.69) is 29.3 Å². The molecular weight excluding hydrogens is 544 g/mol. The molecule has 2 heterocycles. The van der Waals surface area contributed by atoms with Gasteiger partial charge in [-0.1, -0.05) is 60.2 Å². The molecule has 10 nitrogen and oxygen atoms in total. The summed E-state index contributed by atoms with van der Waals surface area (Å²) in [5.41, 5.74) is 6.03. The zero-order chi connectivity index (χ0) is 30.8. The van der Waals surface area contributed by atoms with Crippen LogP contribution in [0, 0.1) is 13.8 Å². The van der Waals surface area contributed by atoms with E-state index >= 15 is 0 Å². The van der Waals surface area contributed by atoms with Crippen molar-refractivity contribution in [3.63, 3.8) is 0 Å². The monoisotopic (exact) mass is 584 g/mol. The van der Waals surface area contributed by atoms with Gasteiger partial charge in [0.15, 0.2) is 0 Å². The molecule has 0 aliphatic carbocycles. The van der Waals surface area contributed by atoms with Gasteiger partial charge in [0, 0.05) is 46.3 Å². The SMILES string of the molecule is Cc1cc(C)c(N(C)C)c(CN2C[C@@H]3N(C(=O)CN(C)N3C(=O)NCc3ccccc3)[C@@H](Cc3ccc(O)cc3)C2=O)c1. The number of carbonyl (C=O) groups excluding carboxylic acids is 3. The van der Waals surface area contributed by atoms with Gasteiger partial charge in [-0.3, -0.25) is 9.59 Å². The Kier molecular flexibility index (Phi) is 8.59. The topological polar surface area (TPSA) is 99.7 Å². The summed E-state index contributed by atoms with van der Waals surface area (Å²) in [6.07, 6.45) is -0.440. The van der Waals surface area contributed by atoms with Gasteiger partial charge in [-0.2, -0.15) is 0 Å². The van der Waals surface area contributed by atoms with Crippen molar-refractivity contribution in [2.24, 2.45) is 0 Å². The maximum absolute atomic E-state index is 14.3. The lowest BCUT2D eigenvalue weighted by Crippen LogP contribution is -2.76. The number of rotatable bonds is 7. The molecule has 0 unspecified atom stereocenters. The molecule has 0 saturated carbocycles. The molecule has 0 spiro atoms. The van der Waals surface area contributed by atoms with Crippen molar-refractivity contribution in [1.29, 1.82) is 0 Å². The Morgan fingerprint density at radius 1 is 1.00 bits per heavy atom. The quantitative estimate of drug-likeness (QED) is 0.443. The molecule has 0 radical (unpaired) electrons. The largest absolute Gasteiger partial charge is 0.508 e. The third-order valence-electron chi connectivity index (χ3n) is 8.13. The van der Waals surface area contributed by atoms with Crippen molar-refractivity contribution in [2.45, 2.75) is 45.6 Å². The number of aryl methyl sites for hydroxylation is 2. The number of likely N-dealkylation sites (N-methyl/N-ethyl adjacent to an activating group) is 1. The van der Waals surface area contributed by atoms with Gasteiger partial charge in [0.05, 0.1) is 13.1 Å². The number of piperazine rings is 1. The number of urea groups is 1. The van der Waals surface area contributed by atoms with Gasteiger partial charge in [-0.25, -0.2) is 14.8 Å². The van der Waals surface area contributed by atoms with Crippen LogP contribution in [0.5, 0.6) is 5.75 Å². The smallest absolute Gasteiger partial charge is 0.334 e. The fourth-order valence-corrected chi connectivity index (χ4v) is 6.37. The first-order chi connectivity index (χ1) is 20.5. The average Bonchev–Trinajstić information content (AvgIpc) is 2.95. The first-order valence-corrected chi connectivity index (χ1v) is 14.5. The third-order valence-corrected chi connectivity index (χ3v) is 8.13. The maximum atomic E-state index is 14.3. The highest BCUT2D eigenvalue weighted by Gasteiger charge is 2.50. The lowest BCUT2D eigenvalue weighted by atomic mass is 9.97. The van der Waals surface area contributed by atoms with Crippen LogP contribution in [0.1, 0.15) is 27.8 Å². The molecule has 4 amide bonds. The fraction of sp³-hybridized carbons (Fsp3) is 0.364. The highest BCUT2D eigenvalue weighted by atomic mass is 16.3. The lowest BCUT2D eigenvalue weighted by Gasteiger charge is -2.54. The molecule has 2 fully saturated rings. The number of phenols is 1. The van der Waals surface area contributed by atoms with Crippen LogP contribution < -0.4 is 10.2 Å². The van der Waals surface area contributed by atoms with Gasteiger partial charge >= 0.3 is 6.03 Å². The number of hydrazine groups is 1. The molecule has 10 heteroatoms. The van der Waals surface area contributed by atoms with Crippen LogP contribution in [0.3, 0.4) is 0 Å². The number of nitrogens with one attached hydrogen (secondary N) is 1. The van der Waals surface area contributed by atoms with Crippen LogP contribution >= 0.6 is 0 Å². The second kappa shape index (κ2) is 12.3. The van der Waals surface area contributed by atoms with E-state index in [1.807, 2.05) is 51.4 Å². The summed E-state index contributed by atoms with van der Waals surface area (Å²) >= 11 is 0. The summed E-state index contributed by atoms with van der Waals surface area (Å²) < 4.78 is 0. The molecule has 0 aromatic heterocycles. The first-order valence-electron chi connectivity index (χ1n) is 14.5. The van der Waals surface area contributed by atoms with E-state index < -0.39 is 12.2 Å². The molecule has 5 rings (SSSR count). The molecular formula is C33H40N6O4. The fourth-order valence-electron chi connectivity index (χ4n) is 6.37. The summed E-state index contributed by atoms with van der Waals surface area (Å²) in [7, 11) is 5.70. The van der Waals surface area contributed by atoms with Gasteiger partial charge < -0.3 is 25.1 Å². The number of benzene rings is 3. The average molecular weight is 585 g/mol. The molecule has 2 saturated heterocycles. The number of nitrogens with zero attached hydrogens (tertiary/aromatic N) is 5. The zero-order valence-electron chi connectivity index (χ0n) is 25.4. The molecule has 2 atom stereocenters. The molecule has 2 N–H and O–H groups in total. The van der Waals surface area contributed by atoms with E-state index in [9.17, 15) is 19.5 Å². The van der Waals surface area contributed by atoms with Crippen molar-refractivity contribution in [3.05, 3.63) is 94.5 Å². The highest BCUT2D eigenvalue weighted by molar-refractivity contribution is 5.91. The molecule has 0 bridgehead atoms. The lowest BCUT2D eigenvalue weighted by molar-refractivity contribution is -0.187. The van der Waals surface area contributed by atoms with Gasteiger partial charge in [-0.05, 0) is 48.2 Å². The molecule has 3 aromatic rings. The predicted octanol–water partition coefficient (Wildman–Crippen LogP) is 3.26. The molecule has 3 aromatic carbocycles. The van der Waals surface area contributed by atoms with Crippen LogP contribution in [0.2, 0.25) is 0 Å². The third kappa shape index (κ3) is 6.29. The first kappa shape index (κ1) is 29.9. The van der Waals surface area contributed by atoms with Gasteiger partial charge in [0.25, 0.3) is 0 Å². The minimum Gasteiger partial charge on any atom is -0.508 e. The highest BCUT2D eigenvalue weighted by Crippen LogP contribution is 2.32. The van der Waals surface area contributed by atoms with Crippen molar-refractivity contribution in [1.82, 2.24) is 25.1 Å². The van der Waals surface area contributed by atoms with E-state index in [0.717, 1.165) is 33.5 Å². The zero-order valence-corrected chi connectivity index (χ0v) is 25.4. The number of phenolic OH excluding ortho intramolecular Hbond substituents is 1. The summed E-state index contributed by atoms with van der Waals surface area (Å²) in [5.74, 6) is -0.256. The van der Waals surface area contributed by atoms with E-state index in [1.54, 1.807) is 51.1 Å². The minimum atomic E-state index is -0.817. The Bertz CT molecular complexity index is 1490. The number of aromatic hydroxyl groups is 1. The Morgan fingerprint density at radius 2 is 1.70 bits per heavy atom. The molecule has 2 aliphatic heterocycles. The van der Waals surface area contributed by atoms with Crippen LogP contribution in [0.25, 0.3) is 0 Å². The Hall–Kier alpha value is -4.57. The number of hydrogen-bond acceptors (Lipinski definition) is 6. The van der Waals surface area contributed by atoms with Crippen LogP contribution in [0.15, 0.2) is 66.7 Å². The van der Waals surface area contributed by atoms with Crippen molar-refractivity contribution in [2.75, 3.05) is 39.1 Å². The number of amides is 4. The van der Waals surface area contributed by atoms with E-state index in [4.69, 9.17) is 0 Å². The summed E-state index contributed by atoms with van der Waals surface area (Å²) in [4.78, 5) is 47.0. The second-order valence-corrected chi connectivity index (χ2v) is 11.7. The Morgan fingerprint density at radius 3 is 2.37 bits per heavy atom. The van der Waals surface area contributed by atoms with Crippen LogP contribution in [-0.4, -0.2) is 89.2 Å². The molecule has 2 aliphatic rings. The van der Waals surface area contributed by atoms with Gasteiger partial charge in [0.1, 0.15) is 18.0 Å². The summed E-state index contributed by atoms with van der Waals surface area (Å²) in [6, 6.07) is 19.4. The summed E-state index contributed by atoms with van der Waals surface area (Å²) in [5, 5.41) is 16.0. The standard InChI is InChI=1S/C33H40N6O4/c1-22-15-23(2)31(35(3)4)26(16-22)19-37-20-29-38(28(32(37)42)17-24-11-13-27(40)14-12-24)30(41)21-36(5)39(29)33(43)34-18-25-9-7-6-8-10-25/h6-16,28-29,40H,17-21H2,1-5H3,(H,34,43)/t28-,29+/m0/s1. The molecule has 226 valence electrons. The van der Waals surface area contributed by atoms with E-state index in [-0.39, 0.29) is 43.1 Å². The van der Waals surface area contributed by atoms with E-state index in [0.29, 0.717) is 13.1 Å². The predicted molar refractivity (Wildman–Crippen MR) is 165 cm³/mol. The van der Waals surface area contributed by atoms with Gasteiger partial charge in [-0.15, -0.1) is 0 Å². The maximum Gasteiger partial charge on any atom is 0.334 e. The van der Waals surface area contributed by atoms with Gasteiger partial charge in [0.2, 0.25) is 11.8 Å². The normalized spacial score (nSPS) is 19.0. The Labute approximate surface area is 253 Å². The summed E-state index contributed by atoms with van der Waals surface area (Å²) in [6.45, 7) is 4.90. The number of hydrogen-bond donors (Lipinski definition) is 2. The van der Waals surface area contributed by atoms with Crippen molar-refractivity contribution in [3.8, 4) is 5.75 Å². The van der Waals surface area contributed by atoms with Crippen molar-refractivity contribution >= 4 is 23.5 Å². The molecule has 43 heavy (non-hydrogen) atoms. The number of carbonyl (C=O) groups is 3. The van der Waals surface area contributed by atoms with Crippen molar-refractivity contribution < 1.29 is 19.5 Å². The second-order valence-electron chi connectivity index (χ2n) is 11.7. The minimum absolute atomic E-state index is 0.0313. The Balaban J connectivity index is 1.51. The number of fused-ring (bicyclic) bond motifs is 1. The van der Waals surface area contributed by atoms with Crippen LogP contribution in [0.4, 0.5) is 10.5 Å². The van der Waals surface area contributed by atoms with E-state index in [1.165, 1.54) is 0 Å².